The van der Waals surface area contributed by atoms with Gasteiger partial charge in [-0.1, -0.05) is 12.1 Å². The zero-order valence-corrected chi connectivity index (χ0v) is 10.8. The number of hydrogen-bond donors (Lipinski definition) is 2. The first-order chi connectivity index (χ1) is 8.90. The molecule has 0 fully saturated rings. The number of amides is 1. The van der Waals surface area contributed by atoms with Gasteiger partial charge in [-0.2, -0.15) is 0 Å². The summed E-state index contributed by atoms with van der Waals surface area (Å²) in [5, 5.41) is 11.7. The van der Waals surface area contributed by atoms with Gasteiger partial charge in [0, 0.05) is 13.5 Å². The van der Waals surface area contributed by atoms with Gasteiger partial charge in [0.1, 0.15) is 5.82 Å². The van der Waals surface area contributed by atoms with Gasteiger partial charge in [0.2, 0.25) is 5.91 Å². The van der Waals surface area contributed by atoms with Crippen molar-refractivity contribution in [1.82, 2.24) is 5.32 Å². The minimum Gasteiger partial charge on any atom is -0.479 e. The van der Waals surface area contributed by atoms with E-state index in [1.165, 1.54) is 26.2 Å². The van der Waals surface area contributed by atoms with Gasteiger partial charge in [-0.3, -0.25) is 4.79 Å². The molecule has 1 aromatic carbocycles. The monoisotopic (exact) mass is 269 g/mol. The molecule has 5 nitrogen and oxygen atoms in total. The lowest BCUT2D eigenvalue weighted by molar-refractivity contribution is -0.147. The van der Waals surface area contributed by atoms with Gasteiger partial charge < -0.3 is 15.2 Å². The van der Waals surface area contributed by atoms with Crippen molar-refractivity contribution in [2.75, 3.05) is 13.7 Å². The average Bonchev–Trinajstić information content (AvgIpc) is 2.36. The van der Waals surface area contributed by atoms with E-state index in [1.807, 2.05) is 0 Å². The number of carboxylic acid groups (broad SMARTS) is 1. The van der Waals surface area contributed by atoms with Crippen LogP contribution in [0.5, 0.6) is 0 Å². The second kappa shape index (κ2) is 6.29. The topological polar surface area (TPSA) is 75.6 Å². The van der Waals surface area contributed by atoms with E-state index in [1.54, 1.807) is 0 Å². The van der Waals surface area contributed by atoms with Crippen LogP contribution in [0.15, 0.2) is 24.3 Å². The Bertz CT molecular complexity index is 460. The molecule has 1 unspecified atom stereocenters. The van der Waals surface area contributed by atoms with Gasteiger partial charge >= 0.3 is 5.97 Å². The van der Waals surface area contributed by atoms with Crippen LogP contribution < -0.4 is 5.32 Å². The predicted octanol–water partition coefficient (Wildman–Crippen LogP) is 1.28. The van der Waals surface area contributed by atoms with E-state index in [-0.39, 0.29) is 13.0 Å². The Kier molecular flexibility index (Phi) is 5.00. The highest BCUT2D eigenvalue weighted by atomic mass is 19.1. The summed E-state index contributed by atoms with van der Waals surface area (Å²) < 4.78 is 17.6. The fraction of sp³-hybridized carbons (Fsp3) is 0.385. The van der Waals surface area contributed by atoms with Crippen LogP contribution in [0.1, 0.15) is 18.9 Å². The van der Waals surface area contributed by atoms with E-state index >= 15 is 0 Å². The highest BCUT2D eigenvalue weighted by Crippen LogP contribution is 2.21. The first kappa shape index (κ1) is 15.1. The minimum absolute atomic E-state index is 0.0561. The molecular formula is C13H16FNO4. The Morgan fingerprint density at radius 1 is 1.37 bits per heavy atom. The Hall–Kier alpha value is -1.95. The summed E-state index contributed by atoms with van der Waals surface area (Å²) in [6.45, 7) is 1.55. The van der Waals surface area contributed by atoms with E-state index < -0.39 is 23.2 Å². The van der Waals surface area contributed by atoms with E-state index in [0.29, 0.717) is 5.56 Å². The number of halogens is 1. The fourth-order valence-corrected chi connectivity index (χ4v) is 1.57. The lowest BCUT2D eigenvalue weighted by atomic mass is 9.92. The normalized spacial score (nSPS) is 13.6. The number of hydrogen-bond acceptors (Lipinski definition) is 3. The largest absolute Gasteiger partial charge is 0.479 e. The number of carbonyl (C=O) groups is 2. The lowest BCUT2D eigenvalue weighted by Crippen LogP contribution is -2.49. The van der Waals surface area contributed by atoms with Gasteiger partial charge in [0.25, 0.3) is 0 Å². The number of methoxy groups -OCH3 is 1. The Balaban J connectivity index is 2.94. The molecule has 0 bridgehead atoms. The minimum atomic E-state index is -1.60. The van der Waals surface area contributed by atoms with Crippen LogP contribution in [0, 0.1) is 5.82 Å². The number of carboxylic acids is 1. The number of ether oxygens (including phenoxy) is 1. The molecule has 0 spiro atoms. The molecular weight excluding hydrogens is 253 g/mol. The van der Waals surface area contributed by atoms with E-state index in [0.717, 1.165) is 12.1 Å². The molecule has 0 radical (unpaired) electrons. The number of aliphatic carboxylic acids is 1. The van der Waals surface area contributed by atoms with Crippen LogP contribution in [-0.4, -0.2) is 30.7 Å². The number of rotatable bonds is 6. The van der Waals surface area contributed by atoms with Gasteiger partial charge in [-0.05, 0) is 24.6 Å². The summed E-state index contributed by atoms with van der Waals surface area (Å²) in [6, 6.07) is 4.97. The van der Waals surface area contributed by atoms with Crippen LogP contribution in [0.2, 0.25) is 0 Å². The van der Waals surface area contributed by atoms with Crippen LogP contribution in [-0.2, 0) is 19.9 Å². The Morgan fingerprint density at radius 3 is 2.42 bits per heavy atom. The third kappa shape index (κ3) is 3.75. The third-order valence-electron chi connectivity index (χ3n) is 2.77. The SMILES string of the molecule is COCCC(=O)NC(C)(C(=O)O)c1ccc(F)cc1. The average molecular weight is 269 g/mol. The molecule has 1 rings (SSSR count). The molecule has 0 saturated carbocycles. The maximum absolute atomic E-state index is 12.9. The highest BCUT2D eigenvalue weighted by molar-refractivity contribution is 5.87. The third-order valence-corrected chi connectivity index (χ3v) is 2.77. The molecule has 1 atom stereocenters. The summed E-state index contributed by atoms with van der Waals surface area (Å²) in [6.07, 6.45) is 0.0561. The Morgan fingerprint density at radius 2 is 1.95 bits per heavy atom. The summed E-state index contributed by atoms with van der Waals surface area (Å²) in [4.78, 5) is 23.0. The van der Waals surface area contributed by atoms with E-state index in [9.17, 15) is 19.1 Å². The summed E-state index contributed by atoms with van der Waals surface area (Å²) >= 11 is 0. The maximum atomic E-state index is 12.9. The van der Waals surface area contributed by atoms with Crippen molar-refractivity contribution in [3.8, 4) is 0 Å². The van der Waals surface area contributed by atoms with Crippen molar-refractivity contribution in [2.24, 2.45) is 0 Å². The van der Waals surface area contributed by atoms with Crippen molar-refractivity contribution in [3.05, 3.63) is 35.6 Å². The van der Waals surface area contributed by atoms with Gasteiger partial charge in [0.15, 0.2) is 5.54 Å². The Labute approximate surface area is 110 Å². The molecule has 104 valence electrons. The molecule has 0 aromatic heterocycles. The zero-order valence-electron chi connectivity index (χ0n) is 10.8. The predicted molar refractivity (Wildman–Crippen MR) is 66.0 cm³/mol. The molecule has 1 aromatic rings. The first-order valence-corrected chi connectivity index (χ1v) is 5.69. The molecule has 0 heterocycles. The second-order valence-electron chi connectivity index (χ2n) is 4.23. The van der Waals surface area contributed by atoms with Crippen LogP contribution in [0.3, 0.4) is 0 Å². The van der Waals surface area contributed by atoms with Gasteiger partial charge in [0.05, 0.1) is 6.61 Å². The molecule has 1 amide bonds. The van der Waals surface area contributed by atoms with Crippen LogP contribution in [0.4, 0.5) is 4.39 Å². The molecule has 0 aliphatic carbocycles. The second-order valence-corrected chi connectivity index (χ2v) is 4.23. The van der Waals surface area contributed by atoms with Crippen molar-refractivity contribution < 1.29 is 23.8 Å². The number of benzene rings is 1. The molecule has 2 N–H and O–H groups in total. The fourth-order valence-electron chi connectivity index (χ4n) is 1.57. The van der Waals surface area contributed by atoms with E-state index in [2.05, 4.69) is 5.32 Å². The summed E-state index contributed by atoms with van der Waals surface area (Å²) in [5.74, 6) is -2.14. The van der Waals surface area contributed by atoms with Crippen molar-refractivity contribution in [3.63, 3.8) is 0 Å². The maximum Gasteiger partial charge on any atom is 0.333 e. The van der Waals surface area contributed by atoms with E-state index in [4.69, 9.17) is 4.74 Å². The summed E-state index contributed by atoms with van der Waals surface area (Å²) in [5.41, 5.74) is -1.30. The van der Waals surface area contributed by atoms with Gasteiger partial charge in [-0.15, -0.1) is 0 Å². The van der Waals surface area contributed by atoms with Crippen molar-refractivity contribution in [2.45, 2.75) is 18.9 Å². The van der Waals surface area contributed by atoms with Gasteiger partial charge in [-0.25, -0.2) is 9.18 Å². The smallest absolute Gasteiger partial charge is 0.333 e. The zero-order chi connectivity index (χ0) is 14.5. The lowest BCUT2D eigenvalue weighted by Gasteiger charge is -2.26. The molecule has 0 saturated heterocycles. The van der Waals surface area contributed by atoms with Crippen molar-refractivity contribution >= 4 is 11.9 Å². The van der Waals surface area contributed by atoms with Crippen LogP contribution >= 0.6 is 0 Å². The molecule has 0 aliphatic heterocycles. The first-order valence-electron chi connectivity index (χ1n) is 5.69. The summed E-state index contributed by atoms with van der Waals surface area (Å²) in [7, 11) is 1.45. The number of nitrogens with one attached hydrogen (secondary N) is 1. The quantitative estimate of drug-likeness (QED) is 0.815. The highest BCUT2D eigenvalue weighted by Gasteiger charge is 2.36. The standard InChI is InChI=1S/C13H16FNO4/c1-13(12(17)18,15-11(16)7-8-19-2)9-3-5-10(14)6-4-9/h3-6H,7-8H2,1-2H3,(H,15,16)(H,17,18). The van der Waals surface area contributed by atoms with Crippen LogP contribution in [0.25, 0.3) is 0 Å². The molecule has 0 aliphatic rings. The number of carbonyl (C=O) groups excluding carboxylic acids is 1. The molecule has 19 heavy (non-hydrogen) atoms. The molecule has 6 heteroatoms. The van der Waals surface area contributed by atoms with Crippen molar-refractivity contribution in [1.29, 1.82) is 0 Å².